The zero-order chi connectivity index (χ0) is 13.8. The Morgan fingerprint density at radius 2 is 2.37 bits per heavy atom. The zero-order valence-corrected chi connectivity index (χ0v) is 10.7. The van der Waals surface area contributed by atoms with E-state index < -0.39 is 5.97 Å². The molecule has 1 aliphatic heterocycles. The zero-order valence-electron chi connectivity index (χ0n) is 10.7. The average molecular weight is 268 g/mol. The van der Waals surface area contributed by atoms with Crippen LogP contribution < -0.4 is 0 Å². The standard InChI is InChI=1S/C11H16N4O4/c1-2-8-5-14(3-4-19-8)11(18)9-6-15(13-12-9)7-10(16)17/h6,8H,2-5,7H2,1H3,(H,16,17). The van der Waals surface area contributed by atoms with Crippen molar-refractivity contribution in [2.45, 2.75) is 26.0 Å². The molecule has 8 heteroatoms. The molecule has 2 heterocycles. The fourth-order valence-corrected chi connectivity index (χ4v) is 1.93. The predicted molar refractivity (Wildman–Crippen MR) is 63.6 cm³/mol. The molecule has 2 rings (SSSR count). The summed E-state index contributed by atoms with van der Waals surface area (Å²) in [7, 11) is 0. The number of carbonyl (C=O) groups excluding carboxylic acids is 1. The summed E-state index contributed by atoms with van der Waals surface area (Å²) in [5, 5.41) is 16.0. The Morgan fingerprint density at radius 3 is 3.05 bits per heavy atom. The van der Waals surface area contributed by atoms with Crippen LogP contribution in [0.5, 0.6) is 0 Å². The minimum Gasteiger partial charge on any atom is -0.480 e. The molecule has 0 saturated carbocycles. The van der Waals surface area contributed by atoms with Crippen molar-refractivity contribution in [2.75, 3.05) is 19.7 Å². The minimum atomic E-state index is -1.03. The highest BCUT2D eigenvalue weighted by Gasteiger charge is 2.25. The Balaban J connectivity index is 2.02. The van der Waals surface area contributed by atoms with Crippen LogP contribution in [0.3, 0.4) is 0 Å². The monoisotopic (exact) mass is 268 g/mol. The molecule has 1 aliphatic rings. The van der Waals surface area contributed by atoms with E-state index in [0.29, 0.717) is 19.7 Å². The maximum atomic E-state index is 12.2. The molecule has 104 valence electrons. The second kappa shape index (κ2) is 5.79. The van der Waals surface area contributed by atoms with E-state index in [4.69, 9.17) is 9.84 Å². The molecular weight excluding hydrogens is 252 g/mol. The molecule has 1 fully saturated rings. The first kappa shape index (κ1) is 13.5. The van der Waals surface area contributed by atoms with E-state index in [1.165, 1.54) is 6.20 Å². The Morgan fingerprint density at radius 1 is 1.58 bits per heavy atom. The van der Waals surface area contributed by atoms with Gasteiger partial charge in [0, 0.05) is 13.1 Å². The van der Waals surface area contributed by atoms with Gasteiger partial charge in [-0.3, -0.25) is 9.59 Å². The Kier molecular flexibility index (Phi) is 4.10. The Labute approximate surface area is 109 Å². The van der Waals surface area contributed by atoms with Crippen LogP contribution in [-0.4, -0.2) is 62.7 Å². The number of hydrogen-bond acceptors (Lipinski definition) is 5. The topological polar surface area (TPSA) is 97.6 Å². The lowest BCUT2D eigenvalue weighted by molar-refractivity contribution is -0.137. The van der Waals surface area contributed by atoms with Crippen molar-refractivity contribution < 1.29 is 19.4 Å². The summed E-state index contributed by atoms with van der Waals surface area (Å²) in [6, 6.07) is 0. The number of morpholine rings is 1. The van der Waals surface area contributed by atoms with Gasteiger partial charge >= 0.3 is 5.97 Å². The van der Waals surface area contributed by atoms with Gasteiger partial charge in [-0.15, -0.1) is 5.10 Å². The SMILES string of the molecule is CCC1CN(C(=O)c2cn(CC(=O)O)nn2)CCO1. The lowest BCUT2D eigenvalue weighted by atomic mass is 10.2. The molecule has 1 aromatic heterocycles. The van der Waals surface area contributed by atoms with Crippen LogP contribution >= 0.6 is 0 Å². The number of carboxylic acids is 1. The fourth-order valence-electron chi connectivity index (χ4n) is 1.93. The lowest BCUT2D eigenvalue weighted by Crippen LogP contribution is -2.45. The molecule has 1 unspecified atom stereocenters. The van der Waals surface area contributed by atoms with E-state index in [9.17, 15) is 9.59 Å². The molecule has 0 spiro atoms. The molecular formula is C11H16N4O4. The molecule has 1 aromatic rings. The number of aliphatic carboxylic acids is 1. The first-order valence-corrected chi connectivity index (χ1v) is 6.13. The van der Waals surface area contributed by atoms with Gasteiger partial charge < -0.3 is 14.7 Å². The Bertz CT molecular complexity index is 473. The van der Waals surface area contributed by atoms with E-state index in [0.717, 1.165) is 11.1 Å². The largest absolute Gasteiger partial charge is 0.480 e. The molecule has 0 bridgehead atoms. The van der Waals surface area contributed by atoms with E-state index in [1.54, 1.807) is 4.90 Å². The quantitative estimate of drug-likeness (QED) is 0.799. The van der Waals surface area contributed by atoms with Crippen molar-refractivity contribution in [3.05, 3.63) is 11.9 Å². The molecule has 19 heavy (non-hydrogen) atoms. The maximum absolute atomic E-state index is 12.2. The smallest absolute Gasteiger partial charge is 0.325 e. The third kappa shape index (κ3) is 3.28. The number of aromatic nitrogens is 3. The van der Waals surface area contributed by atoms with Crippen LogP contribution in [0, 0.1) is 0 Å². The van der Waals surface area contributed by atoms with E-state index >= 15 is 0 Å². The van der Waals surface area contributed by atoms with Crippen molar-refractivity contribution in [3.8, 4) is 0 Å². The minimum absolute atomic E-state index is 0.0479. The van der Waals surface area contributed by atoms with Crippen molar-refractivity contribution in [2.24, 2.45) is 0 Å². The van der Waals surface area contributed by atoms with E-state index in [1.807, 2.05) is 6.92 Å². The van der Waals surface area contributed by atoms with Gasteiger partial charge in [0.25, 0.3) is 5.91 Å². The summed E-state index contributed by atoms with van der Waals surface area (Å²) in [5.74, 6) is -1.26. The van der Waals surface area contributed by atoms with E-state index in [2.05, 4.69) is 10.3 Å². The van der Waals surface area contributed by atoms with E-state index in [-0.39, 0.29) is 24.2 Å². The highest BCUT2D eigenvalue weighted by molar-refractivity contribution is 5.92. The van der Waals surface area contributed by atoms with Gasteiger partial charge in [-0.25, -0.2) is 4.68 Å². The van der Waals surface area contributed by atoms with Crippen molar-refractivity contribution in [1.82, 2.24) is 19.9 Å². The van der Waals surface area contributed by atoms with Crippen LogP contribution in [0.15, 0.2) is 6.20 Å². The summed E-state index contributed by atoms with van der Waals surface area (Å²) in [6.45, 7) is 3.25. The molecule has 8 nitrogen and oxygen atoms in total. The van der Waals surface area contributed by atoms with Gasteiger partial charge in [0.2, 0.25) is 0 Å². The number of rotatable bonds is 4. The van der Waals surface area contributed by atoms with Crippen molar-refractivity contribution in [3.63, 3.8) is 0 Å². The van der Waals surface area contributed by atoms with Gasteiger partial charge in [-0.1, -0.05) is 12.1 Å². The number of hydrogen-bond donors (Lipinski definition) is 1. The van der Waals surface area contributed by atoms with Gasteiger partial charge in [-0.2, -0.15) is 0 Å². The van der Waals surface area contributed by atoms with Gasteiger partial charge in [-0.05, 0) is 6.42 Å². The van der Waals surface area contributed by atoms with Gasteiger partial charge in [0.15, 0.2) is 5.69 Å². The summed E-state index contributed by atoms with van der Waals surface area (Å²) in [5.41, 5.74) is 0.165. The van der Waals surface area contributed by atoms with Crippen molar-refractivity contribution >= 4 is 11.9 Å². The number of amides is 1. The van der Waals surface area contributed by atoms with Crippen LogP contribution in [0.1, 0.15) is 23.8 Å². The van der Waals surface area contributed by atoms with Crippen LogP contribution in [-0.2, 0) is 16.1 Å². The highest BCUT2D eigenvalue weighted by atomic mass is 16.5. The molecule has 1 N–H and O–H groups in total. The van der Waals surface area contributed by atoms with Gasteiger partial charge in [0.1, 0.15) is 6.54 Å². The number of carbonyl (C=O) groups is 2. The summed E-state index contributed by atoms with van der Waals surface area (Å²) < 4.78 is 6.62. The molecule has 1 atom stereocenters. The first-order valence-electron chi connectivity index (χ1n) is 6.13. The third-order valence-corrected chi connectivity index (χ3v) is 2.94. The number of carboxylic acid groups (broad SMARTS) is 1. The number of ether oxygens (including phenoxy) is 1. The normalized spacial score (nSPS) is 19.4. The molecule has 1 saturated heterocycles. The van der Waals surface area contributed by atoms with Crippen LogP contribution in [0.2, 0.25) is 0 Å². The fraction of sp³-hybridized carbons (Fsp3) is 0.636. The average Bonchev–Trinajstić information content (AvgIpc) is 2.85. The molecule has 0 aromatic carbocycles. The Hall–Kier alpha value is -1.96. The summed E-state index contributed by atoms with van der Waals surface area (Å²) >= 11 is 0. The highest BCUT2D eigenvalue weighted by Crippen LogP contribution is 2.11. The molecule has 1 amide bonds. The second-order valence-corrected chi connectivity index (χ2v) is 4.35. The number of nitrogens with zero attached hydrogens (tertiary/aromatic N) is 4. The predicted octanol–water partition coefficient (Wildman–Crippen LogP) is -0.386. The second-order valence-electron chi connectivity index (χ2n) is 4.35. The van der Waals surface area contributed by atoms with Crippen LogP contribution in [0.25, 0.3) is 0 Å². The van der Waals surface area contributed by atoms with Crippen LogP contribution in [0.4, 0.5) is 0 Å². The van der Waals surface area contributed by atoms with Gasteiger partial charge in [0.05, 0.1) is 18.9 Å². The summed E-state index contributed by atoms with van der Waals surface area (Å²) in [4.78, 5) is 24.4. The lowest BCUT2D eigenvalue weighted by Gasteiger charge is -2.31. The third-order valence-electron chi connectivity index (χ3n) is 2.94. The maximum Gasteiger partial charge on any atom is 0.325 e. The summed E-state index contributed by atoms with van der Waals surface area (Å²) in [6.07, 6.45) is 2.24. The molecule has 0 aliphatic carbocycles. The first-order chi connectivity index (χ1) is 9.10. The van der Waals surface area contributed by atoms with Crippen molar-refractivity contribution in [1.29, 1.82) is 0 Å². The molecule has 0 radical (unpaired) electrons.